The van der Waals surface area contributed by atoms with Gasteiger partial charge in [-0.25, -0.2) is 0 Å². The number of benzene rings is 2. The van der Waals surface area contributed by atoms with Crippen molar-refractivity contribution in [3.63, 3.8) is 0 Å². The molecule has 0 saturated carbocycles. The first-order valence-electron chi connectivity index (χ1n) is 10.3. The second-order valence-corrected chi connectivity index (χ2v) is 7.96. The van der Waals surface area contributed by atoms with Crippen LogP contribution in [0.5, 0.6) is 0 Å². The molecule has 0 amide bonds. The summed E-state index contributed by atoms with van der Waals surface area (Å²) in [5.74, 6) is -0.797. The molecular formula is C23H30ClN3O2. The molecule has 0 spiro atoms. The van der Waals surface area contributed by atoms with Crippen LogP contribution in [0.4, 0.5) is 0 Å². The van der Waals surface area contributed by atoms with E-state index in [-0.39, 0.29) is 12.6 Å². The molecule has 156 valence electrons. The van der Waals surface area contributed by atoms with Crippen LogP contribution in [0, 0.1) is 0 Å². The number of rotatable bonds is 10. The van der Waals surface area contributed by atoms with Gasteiger partial charge in [-0.15, -0.1) is 0 Å². The van der Waals surface area contributed by atoms with E-state index in [1.54, 1.807) is 0 Å². The summed E-state index contributed by atoms with van der Waals surface area (Å²) in [6, 6.07) is 19.1. The van der Waals surface area contributed by atoms with Gasteiger partial charge in [0.15, 0.2) is 0 Å². The molecule has 0 aromatic heterocycles. The summed E-state index contributed by atoms with van der Waals surface area (Å²) in [5, 5.41) is 12.4. The first kappa shape index (κ1) is 21.8. The summed E-state index contributed by atoms with van der Waals surface area (Å²) in [4.78, 5) is 15.6. The molecule has 2 aromatic rings. The van der Waals surface area contributed by atoms with E-state index >= 15 is 0 Å². The standard InChI is InChI=1S/C23H30ClN3O2/c24-21-10-8-20(9-11-21)23(19-6-2-1-3-7-19)27-16-14-26(15-17-27)13-5-4-12-25-18-22(28)29/h1-3,6-11,23,25H,4-5,12-18H2,(H,28,29)/t23-/m1/s1. The molecule has 2 aromatic carbocycles. The van der Waals surface area contributed by atoms with Crippen LogP contribution < -0.4 is 5.32 Å². The molecule has 3 rings (SSSR count). The van der Waals surface area contributed by atoms with Crippen molar-refractivity contribution in [2.24, 2.45) is 0 Å². The average Bonchev–Trinajstić information content (AvgIpc) is 2.74. The number of piperazine rings is 1. The van der Waals surface area contributed by atoms with Crippen molar-refractivity contribution in [3.8, 4) is 0 Å². The van der Waals surface area contributed by atoms with Gasteiger partial charge in [0, 0.05) is 31.2 Å². The van der Waals surface area contributed by atoms with E-state index in [0.717, 1.165) is 57.1 Å². The first-order chi connectivity index (χ1) is 14.1. The number of hydrogen-bond acceptors (Lipinski definition) is 4. The molecule has 0 bridgehead atoms. The molecule has 1 fully saturated rings. The van der Waals surface area contributed by atoms with E-state index in [0.29, 0.717) is 0 Å². The Hall–Kier alpha value is -1.92. The van der Waals surface area contributed by atoms with E-state index in [9.17, 15) is 4.79 Å². The highest BCUT2D eigenvalue weighted by Gasteiger charge is 2.26. The summed E-state index contributed by atoms with van der Waals surface area (Å²) in [7, 11) is 0. The van der Waals surface area contributed by atoms with Crippen LogP contribution in [0.25, 0.3) is 0 Å². The number of nitrogens with one attached hydrogen (secondary N) is 1. The van der Waals surface area contributed by atoms with Gasteiger partial charge in [0.1, 0.15) is 0 Å². The summed E-state index contributed by atoms with van der Waals surface area (Å²) < 4.78 is 0. The van der Waals surface area contributed by atoms with Crippen LogP contribution in [0.1, 0.15) is 30.0 Å². The minimum atomic E-state index is -0.797. The maximum absolute atomic E-state index is 10.5. The molecule has 0 unspecified atom stereocenters. The van der Waals surface area contributed by atoms with Gasteiger partial charge in [-0.3, -0.25) is 9.69 Å². The number of nitrogens with zero attached hydrogens (tertiary/aromatic N) is 2. The van der Waals surface area contributed by atoms with Crippen LogP contribution in [0.3, 0.4) is 0 Å². The molecule has 1 aliphatic heterocycles. The fourth-order valence-corrected chi connectivity index (χ4v) is 4.05. The fourth-order valence-electron chi connectivity index (χ4n) is 3.92. The third-order valence-electron chi connectivity index (χ3n) is 5.43. The minimum absolute atomic E-state index is 0.0459. The summed E-state index contributed by atoms with van der Waals surface area (Å²) in [6.07, 6.45) is 2.09. The van der Waals surface area contributed by atoms with E-state index in [4.69, 9.17) is 16.7 Å². The van der Waals surface area contributed by atoms with Crippen molar-refractivity contribution in [1.82, 2.24) is 15.1 Å². The van der Waals surface area contributed by atoms with Gasteiger partial charge in [0.05, 0.1) is 12.6 Å². The lowest BCUT2D eigenvalue weighted by Gasteiger charge is -2.40. The Morgan fingerprint density at radius 1 is 0.966 bits per heavy atom. The number of unbranched alkanes of at least 4 members (excludes halogenated alkanes) is 1. The largest absolute Gasteiger partial charge is 0.480 e. The van der Waals surface area contributed by atoms with E-state index in [1.165, 1.54) is 11.1 Å². The monoisotopic (exact) mass is 415 g/mol. The van der Waals surface area contributed by atoms with E-state index in [1.807, 2.05) is 12.1 Å². The van der Waals surface area contributed by atoms with Crippen LogP contribution in [-0.4, -0.2) is 66.7 Å². The molecule has 1 aliphatic rings. The second kappa shape index (κ2) is 11.3. The lowest BCUT2D eigenvalue weighted by atomic mass is 9.96. The maximum Gasteiger partial charge on any atom is 0.317 e. The Balaban J connectivity index is 1.52. The quantitative estimate of drug-likeness (QED) is 0.581. The SMILES string of the molecule is O=C(O)CNCCCCN1CCN([C@H](c2ccccc2)c2ccc(Cl)cc2)CC1. The van der Waals surface area contributed by atoms with Crippen molar-refractivity contribution < 1.29 is 9.90 Å². The smallest absolute Gasteiger partial charge is 0.317 e. The first-order valence-corrected chi connectivity index (χ1v) is 10.7. The highest BCUT2D eigenvalue weighted by molar-refractivity contribution is 6.30. The molecule has 5 nitrogen and oxygen atoms in total. The molecule has 1 heterocycles. The van der Waals surface area contributed by atoms with Gasteiger partial charge < -0.3 is 15.3 Å². The number of carbonyl (C=O) groups is 1. The number of carboxylic acid groups (broad SMARTS) is 1. The van der Waals surface area contributed by atoms with Gasteiger partial charge in [0.25, 0.3) is 0 Å². The third-order valence-corrected chi connectivity index (χ3v) is 5.68. The second-order valence-electron chi connectivity index (χ2n) is 7.52. The molecule has 2 N–H and O–H groups in total. The zero-order chi connectivity index (χ0) is 20.5. The van der Waals surface area contributed by atoms with Gasteiger partial charge in [0.2, 0.25) is 0 Å². The van der Waals surface area contributed by atoms with Crippen LogP contribution in [-0.2, 0) is 4.79 Å². The van der Waals surface area contributed by atoms with Gasteiger partial charge in [-0.1, -0.05) is 54.1 Å². The average molecular weight is 416 g/mol. The predicted molar refractivity (Wildman–Crippen MR) is 117 cm³/mol. The highest BCUT2D eigenvalue weighted by Crippen LogP contribution is 2.30. The number of halogens is 1. The van der Waals surface area contributed by atoms with Crippen LogP contribution in [0.15, 0.2) is 54.6 Å². The minimum Gasteiger partial charge on any atom is -0.480 e. The Labute approximate surface area is 178 Å². The number of aliphatic carboxylic acids is 1. The summed E-state index contributed by atoms with van der Waals surface area (Å²) >= 11 is 6.11. The fraction of sp³-hybridized carbons (Fsp3) is 0.435. The van der Waals surface area contributed by atoms with Crippen molar-refractivity contribution in [2.45, 2.75) is 18.9 Å². The van der Waals surface area contributed by atoms with Gasteiger partial charge in [-0.05, 0) is 49.2 Å². The Kier molecular flexibility index (Phi) is 8.50. The number of carboxylic acids is 1. The van der Waals surface area contributed by atoms with E-state index in [2.05, 4.69) is 57.6 Å². The van der Waals surface area contributed by atoms with Gasteiger partial charge in [-0.2, -0.15) is 0 Å². The molecule has 6 heteroatoms. The van der Waals surface area contributed by atoms with E-state index < -0.39 is 5.97 Å². The molecule has 1 saturated heterocycles. The van der Waals surface area contributed by atoms with Crippen LogP contribution in [0.2, 0.25) is 5.02 Å². The summed E-state index contributed by atoms with van der Waals surface area (Å²) in [6.45, 7) is 6.04. The maximum atomic E-state index is 10.5. The Morgan fingerprint density at radius 2 is 1.62 bits per heavy atom. The Morgan fingerprint density at radius 3 is 2.28 bits per heavy atom. The van der Waals surface area contributed by atoms with Crippen molar-refractivity contribution in [2.75, 3.05) is 45.8 Å². The molecule has 29 heavy (non-hydrogen) atoms. The third kappa shape index (κ3) is 6.82. The van der Waals surface area contributed by atoms with Crippen molar-refractivity contribution in [3.05, 3.63) is 70.7 Å². The van der Waals surface area contributed by atoms with Crippen molar-refractivity contribution in [1.29, 1.82) is 0 Å². The van der Waals surface area contributed by atoms with Crippen molar-refractivity contribution >= 4 is 17.6 Å². The molecular weight excluding hydrogens is 386 g/mol. The summed E-state index contributed by atoms with van der Waals surface area (Å²) in [5.41, 5.74) is 2.59. The molecule has 1 atom stereocenters. The normalized spacial score (nSPS) is 16.6. The number of hydrogen-bond donors (Lipinski definition) is 2. The lowest BCUT2D eigenvalue weighted by molar-refractivity contribution is -0.135. The molecule has 0 aliphatic carbocycles. The Bertz CT molecular complexity index is 746. The van der Waals surface area contributed by atoms with Gasteiger partial charge >= 0.3 is 5.97 Å². The topological polar surface area (TPSA) is 55.8 Å². The zero-order valence-corrected chi connectivity index (χ0v) is 17.5. The molecule has 0 radical (unpaired) electrons. The highest BCUT2D eigenvalue weighted by atomic mass is 35.5. The zero-order valence-electron chi connectivity index (χ0n) is 16.8. The predicted octanol–water partition coefficient (Wildman–Crippen LogP) is 3.50. The lowest BCUT2D eigenvalue weighted by Crippen LogP contribution is -2.48. The van der Waals surface area contributed by atoms with Crippen LogP contribution >= 0.6 is 11.6 Å².